The average Bonchev–Trinajstić information content (AvgIpc) is 2.75. The summed E-state index contributed by atoms with van der Waals surface area (Å²) in [5.74, 6) is -0.266. The summed E-state index contributed by atoms with van der Waals surface area (Å²) in [6, 6.07) is 5.62. The SMILES string of the molecule is CCc1nc(Cl)c(C=CC(=O)O)n1Cc1ccc(Br)cc1Cl. The lowest BCUT2D eigenvalue weighted by atomic mass is 10.2. The highest BCUT2D eigenvalue weighted by Crippen LogP contribution is 2.26. The van der Waals surface area contributed by atoms with Crippen molar-refractivity contribution in [3.63, 3.8) is 0 Å². The predicted molar refractivity (Wildman–Crippen MR) is 91.5 cm³/mol. The highest BCUT2D eigenvalue weighted by atomic mass is 79.9. The van der Waals surface area contributed by atoms with Gasteiger partial charge in [0.15, 0.2) is 5.15 Å². The topological polar surface area (TPSA) is 55.1 Å². The van der Waals surface area contributed by atoms with Gasteiger partial charge in [0, 0.05) is 22.0 Å². The Balaban J connectivity index is 2.46. The normalized spacial score (nSPS) is 11.3. The lowest BCUT2D eigenvalue weighted by Crippen LogP contribution is -2.07. The molecule has 1 heterocycles. The van der Waals surface area contributed by atoms with Gasteiger partial charge in [-0.25, -0.2) is 9.78 Å². The first-order valence-electron chi connectivity index (χ1n) is 6.52. The van der Waals surface area contributed by atoms with E-state index in [-0.39, 0.29) is 5.15 Å². The van der Waals surface area contributed by atoms with Gasteiger partial charge in [0.1, 0.15) is 5.82 Å². The first-order chi connectivity index (χ1) is 10.4. The Labute approximate surface area is 146 Å². The summed E-state index contributed by atoms with van der Waals surface area (Å²) < 4.78 is 2.77. The summed E-state index contributed by atoms with van der Waals surface area (Å²) in [5.41, 5.74) is 1.46. The molecule has 2 aromatic rings. The molecule has 1 aromatic heterocycles. The number of carboxylic acids is 1. The van der Waals surface area contributed by atoms with Crippen LogP contribution in [0, 0.1) is 0 Å². The van der Waals surface area contributed by atoms with Gasteiger partial charge >= 0.3 is 5.97 Å². The third kappa shape index (κ3) is 3.91. The van der Waals surface area contributed by atoms with E-state index in [4.69, 9.17) is 28.3 Å². The number of imidazole rings is 1. The van der Waals surface area contributed by atoms with E-state index in [1.807, 2.05) is 29.7 Å². The molecular weight excluding hydrogens is 391 g/mol. The number of aromatic nitrogens is 2. The lowest BCUT2D eigenvalue weighted by molar-refractivity contribution is -0.131. The van der Waals surface area contributed by atoms with Gasteiger partial charge in [-0.15, -0.1) is 0 Å². The molecule has 0 spiro atoms. The minimum atomic E-state index is -1.04. The van der Waals surface area contributed by atoms with Crippen LogP contribution in [-0.2, 0) is 17.8 Å². The molecule has 0 aliphatic rings. The van der Waals surface area contributed by atoms with E-state index in [9.17, 15) is 4.79 Å². The van der Waals surface area contributed by atoms with Gasteiger partial charge in [0.2, 0.25) is 0 Å². The number of aliphatic carboxylic acids is 1. The lowest BCUT2D eigenvalue weighted by Gasteiger charge is -2.11. The Morgan fingerprint density at radius 1 is 1.45 bits per heavy atom. The first kappa shape index (κ1) is 17.1. The van der Waals surface area contributed by atoms with Crippen LogP contribution in [0.4, 0.5) is 0 Å². The fraction of sp³-hybridized carbons (Fsp3) is 0.200. The summed E-state index contributed by atoms with van der Waals surface area (Å²) in [5, 5.41) is 9.70. The van der Waals surface area contributed by atoms with Crippen molar-refractivity contribution in [3.05, 3.63) is 56.0 Å². The second-order valence-electron chi connectivity index (χ2n) is 4.55. The monoisotopic (exact) mass is 402 g/mol. The van der Waals surface area contributed by atoms with E-state index in [0.717, 1.165) is 21.9 Å². The van der Waals surface area contributed by atoms with Crippen LogP contribution < -0.4 is 0 Å². The smallest absolute Gasteiger partial charge is 0.328 e. The zero-order valence-corrected chi connectivity index (χ0v) is 14.8. The van der Waals surface area contributed by atoms with Crippen molar-refractivity contribution in [2.45, 2.75) is 19.9 Å². The molecule has 0 aliphatic carbocycles. The summed E-state index contributed by atoms with van der Waals surface area (Å²) in [4.78, 5) is 15.0. The van der Waals surface area contributed by atoms with Crippen LogP contribution in [0.5, 0.6) is 0 Å². The van der Waals surface area contributed by atoms with Crippen LogP contribution in [0.15, 0.2) is 28.7 Å². The van der Waals surface area contributed by atoms with Crippen molar-refractivity contribution in [2.24, 2.45) is 0 Å². The predicted octanol–water partition coefficient (Wildman–Crippen LogP) is 4.66. The van der Waals surface area contributed by atoms with Crippen molar-refractivity contribution < 1.29 is 9.90 Å². The van der Waals surface area contributed by atoms with E-state index in [2.05, 4.69) is 20.9 Å². The Hall–Kier alpha value is -1.30. The number of carboxylic acid groups (broad SMARTS) is 1. The molecule has 0 saturated heterocycles. The zero-order chi connectivity index (χ0) is 16.3. The fourth-order valence-electron chi connectivity index (χ4n) is 2.06. The molecule has 1 aromatic carbocycles. The molecule has 0 aliphatic heterocycles. The van der Waals surface area contributed by atoms with Gasteiger partial charge in [0.25, 0.3) is 0 Å². The third-order valence-electron chi connectivity index (χ3n) is 3.08. The number of halogens is 3. The quantitative estimate of drug-likeness (QED) is 0.738. The van der Waals surface area contributed by atoms with Crippen molar-refractivity contribution in [2.75, 3.05) is 0 Å². The Kier molecular flexibility index (Phi) is 5.67. The number of nitrogens with zero attached hydrogens (tertiary/aromatic N) is 2. The van der Waals surface area contributed by atoms with Gasteiger partial charge in [-0.2, -0.15) is 0 Å². The van der Waals surface area contributed by atoms with E-state index in [1.54, 1.807) is 0 Å². The number of benzene rings is 1. The molecule has 0 saturated carbocycles. The van der Waals surface area contributed by atoms with Crippen LogP contribution in [0.25, 0.3) is 6.08 Å². The largest absolute Gasteiger partial charge is 0.478 e. The van der Waals surface area contributed by atoms with Gasteiger partial charge in [-0.05, 0) is 23.8 Å². The molecule has 0 unspecified atom stereocenters. The molecule has 116 valence electrons. The molecule has 0 radical (unpaired) electrons. The standard InChI is InChI=1S/C15H13BrCl2N2O2/c1-2-13-19-15(18)12(5-6-14(21)22)20(13)8-9-3-4-10(16)7-11(9)17/h3-7H,2,8H2,1H3,(H,21,22). The van der Waals surface area contributed by atoms with Crippen LogP contribution in [0.3, 0.4) is 0 Å². The molecule has 22 heavy (non-hydrogen) atoms. The van der Waals surface area contributed by atoms with Crippen LogP contribution in [-0.4, -0.2) is 20.6 Å². The molecular formula is C15H13BrCl2N2O2. The summed E-state index contributed by atoms with van der Waals surface area (Å²) in [6.45, 7) is 2.43. The van der Waals surface area contributed by atoms with E-state index < -0.39 is 5.97 Å². The highest BCUT2D eigenvalue weighted by molar-refractivity contribution is 9.10. The van der Waals surface area contributed by atoms with Gasteiger partial charge < -0.3 is 9.67 Å². The Bertz CT molecular complexity index is 741. The highest BCUT2D eigenvalue weighted by Gasteiger charge is 2.14. The summed E-state index contributed by atoms with van der Waals surface area (Å²) in [7, 11) is 0. The zero-order valence-electron chi connectivity index (χ0n) is 11.7. The van der Waals surface area contributed by atoms with Gasteiger partial charge in [-0.3, -0.25) is 0 Å². The second kappa shape index (κ2) is 7.31. The first-order valence-corrected chi connectivity index (χ1v) is 8.07. The minimum Gasteiger partial charge on any atom is -0.478 e. The second-order valence-corrected chi connectivity index (χ2v) is 6.23. The van der Waals surface area contributed by atoms with Crippen LogP contribution in [0.1, 0.15) is 24.0 Å². The van der Waals surface area contributed by atoms with Crippen LogP contribution in [0.2, 0.25) is 10.2 Å². The molecule has 7 heteroatoms. The molecule has 0 fully saturated rings. The van der Waals surface area contributed by atoms with E-state index in [1.165, 1.54) is 6.08 Å². The minimum absolute atomic E-state index is 0.280. The molecule has 2 rings (SSSR count). The third-order valence-corrected chi connectivity index (χ3v) is 4.21. The number of hydrogen-bond donors (Lipinski definition) is 1. The molecule has 4 nitrogen and oxygen atoms in total. The number of rotatable bonds is 5. The summed E-state index contributed by atoms with van der Waals surface area (Å²) >= 11 is 15.7. The molecule has 0 amide bonds. The van der Waals surface area contributed by atoms with Crippen molar-refractivity contribution in [1.29, 1.82) is 0 Å². The number of carbonyl (C=O) groups is 1. The maximum absolute atomic E-state index is 10.7. The van der Waals surface area contributed by atoms with Crippen LogP contribution >= 0.6 is 39.1 Å². The van der Waals surface area contributed by atoms with Crippen molar-refractivity contribution >= 4 is 51.2 Å². The molecule has 0 atom stereocenters. The maximum Gasteiger partial charge on any atom is 0.328 e. The van der Waals surface area contributed by atoms with E-state index in [0.29, 0.717) is 23.7 Å². The van der Waals surface area contributed by atoms with Gasteiger partial charge in [-0.1, -0.05) is 52.1 Å². The Morgan fingerprint density at radius 3 is 2.77 bits per heavy atom. The average molecular weight is 404 g/mol. The number of aryl methyl sites for hydroxylation is 1. The van der Waals surface area contributed by atoms with Crippen molar-refractivity contribution in [3.8, 4) is 0 Å². The fourth-order valence-corrected chi connectivity index (χ4v) is 3.05. The molecule has 0 bridgehead atoms. The summed E-state index contributed by atoms with van der Waals surface area (Å²) in [6.07, 6.45) is 3.17. The van der Waals surface area contributed by atoms with E-state index >= 15 is 0 Å². The van der Waals surface area contributed by atoms with Crippen molar-refractivity contribution in [1.82, 2.24) is 9.55 Å². The maximum atomic E-state index is 10.7. The van der Waals surface area contributed by atoms with Gasteiger partial charge in [0.05, 0.1) is 12.2 Å². The molecule has 1 N–H and O–H groups in total. The number of hydrogen-bond acceptors (Lipinski definition) is 2. The Morgan fingerprint density at radius 2 is 2.18 bits per heavy atom.